The molecule has 0 atom stereocenters. The molecule has 0 aromatic heterocycles. The minimum Gasteiger partial charge on any atom is -0.488 e. The van der Waals surface area contributed by atoms with Crippen LogP contribution in [0.5, 0.6) is 23.0 Å². The zero-order chi connectivity index (χ0) is 83.8. The first-order valence-corrected chi connectivity index (χ1v) is 37.6. The Morgan fingerprint density at radius 3 is 0.617 bits per heavy atom. The smallest absolute Gasteiger partial charge is 0.437 e. The molecule has 0 fully saturated rings. The van der Waals surface area contributed by atoms with Crippen molar-refractivity contribution in [3.63, 3.8) is 0 Å². The van der Waals surface area contributed by atoms with Gasteiger partial charge in [0.2, 0.25) is 23.8 Å². The number of carbonyl (C=O) groups excluding carboxylic acids is 8. The number of rotatable bonds is 33. The van der Waals surface area contributed by atoms with Crippen LogP contribution < -0.4 is 61.5 Å². The molecule has 10 rings (SSSR count). The Hall–Kier alpha value is -15.8. The SMILES string of the molecule is O=C(/N=C(/NCCOc1cccc(-c2cccc(OCCN/C(=N/C(=O)OCc3ccccc3)NC(=O)OCc3ccccc3)c2OCCN/C(=N\C(=O)OCc2ccccc2)NC(=O)OCc2ccccc2)c1OCCN/C(=N\C(=O)OCc1ccccc1)NC(=O)OCc1ccccc1)NC(=O)OCc1ccccc1)OCc1ccccc1. The van der Waals surface area contributed by atoms with Gasteiger partial charge in [0.15, 0.2) is 23.0 Å². The fourth-order valence-electron chi connectivity index (χ4n) is 10.5. The van der Waals surface area contributed by atoms with Crippen LogP contribution in [0.4, 0.5) is 38.4 Å². The van der Waals surface area contributed by atoms with E-state index in [9.17, 15) is 38.4 Å². The molecule has 0 heterocycles. The third kappa shape index (κ3) is 32.3. The van der Waals surface area contributed by atoms with Gasteiger partial charge in [-0.15, -0.1) is 20.0 Å². The maximum atomic E-state index is 13.4. The molecule has 0 aliphatic rings. The van der Waals surface area contributed by atoms with Gasteiger partial charge in [-0.3, -0.25) is 21.3 Å². The molecule has 618 valence electrons. The molecule has 0 aliphatic carbocycles. The Bertz CT molecular complexity index is 4730. The molecule has 0 saturated heterocycles. The lowest BCUT2D eigenvalue weighted by Gasteiger charge is -2.21. The monoisotopic (exact) mass is 1630 g/mol. The zero-order valence-electron chi connectivity index (χ0n) is 64.8. The van der Waals surface area contributed by atoms with Crippen LogP contribution >= 0.6 is 0 Å². The van der Waals surface area contributed by atoms with Crippen LogP contribution in [0, 0.1) is 0 Å². The van der Waals surface area contributed by atoms with Gasteiger partial charge in [-0.25, -0.2) is 38.4 Å². The molecule has 120 heavy (non-hydrogen) atoms. The van der Waals surface area contributed by atoms with E-state index >= 15 is 0 Å². The molecule has 32 heteroatoms. The van der Waals surface area contributed by atoms with Crippen LogP contribution in [0.1, 0.15) is 44.5 Å². The van der Waals surface area contributed by atoms with E-state index in [1.807, 2.05) is 36.4 Å². The summed E-state index contributed by atoms with van der Waals surface area (Å²) in [5, 5.41) is 21.6. The lowest BCUT2D eigenvalue weighted by atomic mass is 10.0. The topological polar surface area (TPSA) is 393 Å². The summed E-state index contributed by atoms with van der Waals surface area (Å²) in [6.45, 7) is -2.77. The van der Waals surface area contributed by atoms with Gasteiger partial charge in [0.25, 0.3) is 0 Å². The third-order valence-electron chi connectivity index (χ3n) is 16.2. The van der Waals surface area contributed by atoms with E-state index in [4.69, 9.17) is 56.8 Å². The van der Waals surface area contributed by atoms with Crippen molar-refractivity contribution in [3.05, 3.63) is 324 Å². The van der Waals surface area contributed by atoms with E-state index in [1.165, 1.54) is 0 Å². The Labute approximate surface area is 690 Å². The average Bonchev–Trinajstić information content (AvgIpc) is 0.789. The minimum atomic E-state index is -1.07. The highest BCUT2D eigenvalue weighted by atomic mass is 16.6. The third-order valence-corrected chi connectivity index (χ3v) is 16.2. The lowest BCUT2D eigenvalue weighted by Crippen LogP contribution is -2.43. The van der Waals surface area contributed by atoms with Crippen LogP contribution in [-0.2, 0) is 90.7 Å². The van der Waals surface area contributed by atoms with Gasteiger partial charge < -0.3 is 78.1 Å². The molecule has 10 aromatic carbocycles. The van der Waals surface area contributed by atoms with Crippen LogP contribution in [0.25, 0.3) is 11.1 Å². The summed E-state index contributed by atoms with van der Waals surface area (Å²) >= 11 is 0. The summed E-state index contributed by atoms with van der Waals surface area (Å²) in [4.78, 5) is 123. The number of hydrogen-bond acceptors (Lipinski definition) is 20. The van der Waals surface area contributed by atoms with E-state index in [1.54, 1.807) is 243 Å². The summed E-state index contributed by atoms with van der Waals surface area (Å²) in [7, 11) is 0. The van der Waals surface area contributed by atoms with Crippen molar-refractivity contribution in [2.24, 2.45) is 20.0 Å². The molecule has 8 N–H and O–H groups in total. The van der Waals surface area contributed by atoms with Crippen LogP contribution in [0.3, 0.4) is 0 Å². The number of alkyl carbamates (subject to hydrolysis) is 4. The van der Waals surface area contributed by atoms with E-state index in [0.717, 1.165) is 0 Å². The van der Waals surface area contributed by atoms with Gasteiger partial charge in [0.05, 0.1) is 26.2 Å². The van der Waals surface area contributed by atoms with E-state index in [-0.39, 0.29) is 163 Å². The standard InChI is InChI=1S/C88H86N12O20/c101-81(113-55-63-27-9-1-10-28-63)93-77(94-82(102)114-56-64-29-11-2-12-30-64)89-47-51-109-73-45-25-43-71(75(73)111-53-49-91-79(97-85(105)117-59-67-35-17-5-18-36-67)98-86(106)118-60-68-37-19-6-20-38-68)72-44-26-46-74(110-52-48-90-78(95-83(103)115-57-65-31-13-3-14-32-65)96-84(104)116-58-66-33-15-4-16-34-66)76(72)112-54-50-92-80(99-87(107)119-61-69-39-21-7-22-40-69)100-88(108)120-62-70-41-23-8-24-42-70/h1-46H,47-62H2,(H2,89,93,94,101,102)(H2,90,95,96,103,104)(H2,91,97,98,105,106)(H2,92,99,100,107,108). The Morgan fingerprint density at radius 2 is 0.408 bits per heavy atom. The first-order chi connectivity index (χ1) is 58.8. The Morgan fingerprint density at radius 1 is 0.217 bits per heavy atom. The summed E-state index contributed by atoms with van der Waals surface area (Å²) in [6.07, 6.45) is -8.10. The summed E-state index contributed by atoms with van der Waals surface area (Å²) < 4.78 is 70.0. The molecule has 8 amide bonds. The second-order valence-corrected chi connectivity index (χ2v) is 25.1. The highest BCUT2D eigenvalue weighted by Gasteiger charge is 2.23. The Kier molecular flexibility index (Phi) is 35.5. The number of nitrogens with zero attached hydrogens (tertiary/aromatic N) is 4. The number of amides is 8. The molecule has 0 unspecified atom stereocenters. The number of para-hydroxylation sites is 2. The van der Waals surface area contributed by atoms with Crippen molar-refractivity contribution in [2.75, 3.05) is 52.6 Å². The van der Waals surface area contributed by atoms with Gasteiger partial charge in [0, 0.05) is 11.1 Å². The molecule has 0 aliphatic heterocycles. The second-order valence-electron chi connectivity index (χ2n) is 25.1. The van der Waals surface area contributed by atoms with Crippen molar-refractivity contribution in [1.29, 1.82) is 0 Å². The van der Waals surface area contributed by atoms with Crippen LogP contribution in [0.15, 0.2) is 299 Å². The molecule has 0 spiro atoms. The molecule has 0 bridgehead atoms. The fraction of sp³-hybridized carbons (Fsp3) is 0.182. The maximum absolute atomic E-state index is 13.4. The van der Waals surface area contributed by atoms with Gasteiger partial charge in [-0.2, -0.15) is 0 Å². The van der Waals surface area contributed by atoms with Gasteiger partial charge >= 0.3 is 48.7 Å². The normalized spacial score (nSPS) is 11.2. The maximum Gasteiger partial charge on any atom is 0.437 e. The number of aliphatic imine (C=N–C) groups is 4. The highest BCUT2D eigenvalue weighted by Crippen LogP contribution is 2.45. The van der Waals surface area contributed by atoms with Crippen molar-refractivity contribution in [2.45, 2.75) is 52.9 Å². The molecular formula is C88H86N12O20. The number of guanidine groups is 4. The van der Waals surface area contributed by atoms with Crippen molar-refractivity contribution in [1.82, 2.24) is 42.5 Å². The lowest BCUT2D eigenvalue weighted by molar-refractivity contribution is 0.143. The van der Waals surface area contributed by atoms with E-state index in [0.29, 0.717) is 44.5 Å². The van der Waals surface area contributed by atoms with Crippen molar-refractivity contribution >= 4 is 72.6 Å². The largest absolute Gasteiger partial charge is 0.488 e. The Balaban J connectivity index is 0.952. The van der Waals surface area contributed by atoms with Gasteiger partial charge in [0.1, 0.15) is 79.3 Å². The van der Waals surface area contributed by atoms with E-state index in [2.05, 4.69) is 62.5 Å². The van der Waals surface area contributed by atoms with E-state index < -0.39 is 48.7 Å². The van der Waals surface area contributed by atoms with Gasteiger partial charge in [-0.1, -0.05) is 267 Å². The van der Waals surface area contributed by atoms with Crippen LogP contribution in [-0.4, -0.2) is 125 Å². The number of benzene rings is 10. The minimum absolute atomic E-state index is 0.0463. The molecule has 0 saturated carbocycles. The molecular weight excluding hydrogens is 1550 g/mol. The predicted molar refractivity (Wildman–Crippen MR) is 441 cm³/mol. The van der Waals surface area contributed by atoms with Crippen molar-refractivity contribution < 1.29 is 95.2 Å². The van der Waals surface area contributed by atoms with Gasteiger partial charge in [-0.05, 0) is 56.6 Å². The zero-order valence-corrected chi connectivity index (χ0v) is 64.8. The summed E-state index contributed by atoms with van der Waals surface area (Å²) in [6, 6.07) is 80.9. The quantitative estimate of drug-likeness (QED) is 0.00819. The highest BCUT2D eigenvalue weighted by molar-refractivity contribution is 6.01. The first kappa shape index (κ1) is 86.6. The van der Waals surface area contributed by atoms with Crippen molar-refractivity contribution in [3.8, 4) is 34.1 Å². The molecule has 0 radical (unpaired) electrons. The average molecular weight is 1630 g/mol. The first-order valence-electron chi connectivity index (χ1n) is 37.6. The fourth-order valence-corrected chi connectivity index (χ4v) is 10.5. The second kappa shape index (κ2) is 49.1. The van der Waals surface area contributed by atoms with Crippen LogP contribution in [0.2, 0.25) is 0 Å². The summed E-state index contributed by atoms with van der Waals surface area (Å²) in [5.41, 5.74) is 5.99. The number of hydrogen-bond donors (Lipinski definition) is 8. The number of nitrogens with one attached hydrogen (secondary N) is 8. The number of ether oxygens (including phenoxy) is 12. The summed E-state index contributed by atoms with van der Waals surface area (Å²) in [5.74, 6) is -1.18. The molecule has 10 aromatic rings. The number of carbonyl (C=O) groups is 8. The molecule has 32 nitrogen and oxygen atoms in total. The predicted octanol–water partition coefficient (Wildman–Crippen LogP) is 13.7.